The maximum Gasteiger partial charge on any atom is 0.119 e. The summed E-state index contributed by atoms with van der Waals surface area (Å²) in [5, 5.41) is 4.31. The van der Waals surface area contributed by atoms with Gasteiger partial charge in [-0.3, -0.25) is 0 Å². The summed E-state index contributed by atoms with van der Waals surface area (Å²) in [5.41, 5.74) is 2.80. The zero-order chi connectivity index (χ0) is 14.7. The topological polar surface area (TPSA) is 21.3 Å². The van der Waals surface area contributed by atoms with Gasteiger partial charge < -0.3 is 10.1 Å². The van der Waals surface area contributed by atoms with Crippen molar-refractivity contribution in [3.05, 3.63) is 64.7 Å². The number of likely N-dealkylation sites (N-methyl/N-ethyl adjacent to an activating group) is 1. The molecule has 1 N–H and O–H groups in total. The number of nitrogens with one attached hydrogen (secondary N) is 1. The summed E-state index contributed by atoms with van der Waals surface area (Å²) >= 11 is 5.93. The van der Waals surface area contributed by atoms with Gasteiger partial charge in [0, 0.05) is 5.02 Å². The van der Waals surface area contributed by atoms with E-state index in [1.54, 1.807) is 0 Å². The molecule has 0 bridgehead atoms. The summed E-state index contributed by atoms with van der Waals surface area (Å²) in [4.78, 5) is 0. The van der Waals surface area contributed by atoms with Gasteiger partial charge in [-0.1, -0.05) is 42.8 Å². The van der Waals surface area contributed by atoms with Crippen LogP contribution in [0.1, 0.15) is 30.5 Å². The normalized spacial score (nSPS) is 20.9. The summed E-state index contributed by atoms with van der Waals surface area (Å²) in [6.07, 6.45) is 2.24. The van der Waals surface area contributed by atoms with Crippen molar-refractivity contribution >= 4 is 11.6 Å². The molecule has 110 valence electrons. The third-order valence-electron chi connectivity index (χ3n) is 3.99. The predicted molar refractivity (Wildman–Crippen MR) is 87.0 cm³/mol. The Morgan fingerprint density at radius 1 is 1.14 bits per heavy atom. The first-order valence-electron chi connectivity index (χ1n) is 7.51. The second-order valence-corrected chi connectivity index (χ2v) is 5.82. The number of fused-ring (bicyclic) bond motifs is 1. The standard InChI is InChI=1S/C18H20ClNO/c1-2-20-18-16-6-4-3-5-13(16)7-12-17(18)21-15-10-8-14(19)9-11-15/h3-6,8-11,17-18,20H,2,7,12H2,1H3. The van der Waals surface area contributed by atoms with Gasteiger partial charge in [-0.25, -0.2) is 0 Å². The van der Waals surface area contributed by atoms with Gasteiger partial charge in [-0.2, -0.15) is 0 Å². The van der Waals surface area contributed by atoms with Crippen molar-refractivity contribution in [3.8, 4) is 5.75 Å². The lowest BCUT2D eigenvalue weighted by Crippen LogP contribution is -2.39. The van der Waals surface area contributed by atoms with Crippen molar-refractivity contribution in [1.29, 1.82) is 0 Å². The Balaban J connectivity index is 1.83. The summed E-state index contributed by atoms with van der Waals surface area (Å²) in [7, 11) is 0. The quantitative estimate of drug-likeness (QED) is 0.904. The molecule has 21 heavy (non-hydrogen) atoms. The highest BCUT2D eigenvalue weighted by atomic mass is 35.5. The lowest BCUT2D eigenvalue weighted by atomic mass is 9.85. The van der Waals surface area contributed by atoms with Gasteiger partial charge in [0.1, 0.15) is 11.9 Å². The molecule has 2 aromatic rings. The van der Waals surface area contributed by atoms with Gasteiger partial charge in [-0.05, 0) is 54.8 Å². The van der Waals surface area contributed by atoms with E-state index in [0.717, 1.165) is 30.2 Å². The van der Waals surface area contributed by atoms with E-state index in [9.17, 15) is 0 Å². The fraction of sp³-hybridized carbons (Fsp3) is 0.333. The van der Waals surface area contributed by atoms with E-state index >= 15 is 0 Å². The first-order valence-corrected chi connectivity index (χ1v) is 7.89. The third-order valence-corrected chi connectivity index (χ3v) is 4.24. The molecule has 0 spiro atoms. The van der Waals surface area contributed by atoms with E-state index in [-0.39, 0.29) is 12.1 Å². The molecule has 0 saturated carbocycles. The van der Waals surface area contributed by atoms with Crippen LogP contribution in [-0.4, -0.2) is 12.6 Å². The van der Waals surface area contributed by atoms with Crippen LogP contribution in [0.4, 0.5) is 0 Å². The predicted octanol–water partition coefficient (Wildman–Crippen LogP) is 4.38. The minimum absolute atomic E-state index is 0.154. The highest BCUT2D eigenvalue weighted by molar-refractivity contribution is 6.30. The lowest BCUT2D eigenvalue weighted by Gasteiger charge is -2.34. The van der Waals surface area contributed by atoms with Crippen LogP contribution in [0, 0.1) is 0 Å². The largest absolute Gasteiger partial charge is 0.488 e. The first-order chi connectivity index (χ1) is 10.3. The second kappa shape index (κ2) is 6.50. The Kier molecular flexibility index (Phi) is 4.47. The van der Waals surface area contributed by atoms with Crippen molar-refractivity contribution in [2.24, 2.45) is 0 Å². The fourth-order valence-corrected chi connectivity index (χ4v) is 3.13. The molecule has 2 unspecified atom stereocenters. The first kappa shape index (κ1) is 14.4. The molecule has 2 nitrogen and oxygen atoms in total. The van der Waals surface area contributed by atoms with Gasteiger partial charge in [0.25, 0.3) is 0 Å². The van der Waals surface area contributed by atoms with Crippen LogP contribution in [0.5, 0.6) is 5.75 Å². The van der Waals surface area contributed by atoms with Gasteiger partial charge in [0.05, 0.1) is 6.04 Å². The molecule has 0 aromatic heterocycles. The van der Waals surface area contributed by atoms with Gasteiger partial charge >= 0.3 is 0 Å². The molecular formula is C18H20ClNO. The van der Waals surface area contributed by atoms with Gasteiger partial charge in [-0.15, -0.1) is 0 Å². The molecule has 0 radical (unpaired) electrons. The van der Waals surface area contributed by atoms with Crippen LogP contribution in [0.25, 0.3) is 0 Å². The van der Waals surface area contributed by atoms with Crippen LogP contribution in [0.3, 0.4) is 0 Å². The molecule has 2 atom stereocenters. The summed E-state index contributed by atoms with van der Waals surface area (Å²) in [6, 6.07) is 16.5. The van der Waals surface area contributed by atoms with E-state index in [1.165, 1.54) is 11.1 Å². The minimum Gasteiger partial charge on any atom is -0.488 e. The molecule has 2 aromatic carbocycles. The lowest BCUT2D eigenvalue weighted by molar-refractivity contribution is 0.136. The minimum atomic E-state index is 0.154. The molecule has 0 heterocycles. The zero-order valence-electron chi connectivity index (χ0n) is 12.2. The smallest absolute Gasteiger partial charge is 0.119 e. The molecule has 0 saturated heterocycles. The Bertz CT molecular complexity index is 596. The van der Waals surface area contributed by atoms with E-state index in [1.807, 2.05) is 24.3 Å². The second-order valence-electron chi connectivity index (χ2n) is 5.38. The van der Waals surface area contributed by atoms with E-state index in [0.29, 0.717) is 0 Å². The zero-order valence-corrected chi connectivity index (χ0v) is 12.9. The van der Waals surface area contributed by atoms with Crippen LogP contribution in [0.15, 0.2) is 48.5 Å². The number of hydrogen-bond donors (Lipinski definition) is 1. The number of rotatable bonds is 4. The maximum atomic E-state index is 6.21. The van der Waals surface area contributed by atoms with Crippen molar-refractivity contribution in [2.75, 3.05) is 6.54 Å². The Morgan fingerprint density at radius 3 is 2.67 bits per heavy atom. The Labute approximate surface area is 131 Å². The number of ether oxygens (including phenoxy) is 1. The van der Waals surface area contributed by atoms with E-state index in [4.69, 9.17) is 16.3 Å². The molecule has 1 aliphatic rings. The molecular weight excluding hydrogens is 282 g/mol. The number of hydrogen-bond acceptors (Lipinski definition) is 2. The van der Waals surface area contributed by atoms with Gasteiger partial charge in [0.2, 0.25) is 0 Å². The summed E-state index contributed by atoms with van der Waals surface area (Å²) in [5.74, 6) is 0.881. The Morgan fingerprint density at radius 2 is 1.90 bits per heavy atom. The molecule has 1 aliphatic carbocycles. The SMILES string of the molecule is CCNC1c2ccccc2CCC1Oc1ccc(Cl)cc1. The van der Waals surface area contributed by atoms with Crippen molar-refractivity contribution in [3.63, 3.8) is 0 Å². The van der Waals surface area contributed by atoms with Crippen molar-refractivity contribution in [1.82, 2.24) is 5.32 Å². The highest BCUT2D eigenvalue weighted by Crippen LogP contribution is 2.32. The van der Waals surface area contributed by atoms with Crippen molar-refractivity contribution in [2.45, 2.75) is 31.9 Å². The van der Waals surface area contributed by atoms with Crippen LogP contribution in [-0.2, 0) is 6.42 Å². The number of benzene rings is 2. The summed E-state index contributed by atoms with van der Waals surface area (Å²) < 4.78 is 6.21. The molecule has 0 fully saturated rings. The molecule has 3 heteroatoms. The maximum absolute atomic E-state index is 6.21. The average molecular weight is 302 g/mol. The third kappa shape index (κ3) is 3.22. The highest BCUT2D eigenvalue weighted by Gasteiger charge is 2.30. The Hall–Kier alpha value is -1.51. The number of aryl methyl sites for hydroxylation is 1. The van der Waals surface area contributed by atoms with Crippen LogP contribution in [0.2, 0.25) is 5.02 Å². The van der Waals surface area contributed by atoms with E-state index in [2.05, 4.69) is 36.5 Å². The monoisotopic (exact) mass is 301 g/mol. The number of halogens is 1. The van der Waals surface area contributed by atoms with Crippen LogP contribution >= 0.6 is 11.6 Å². The van der Waals surface area contributed by atoms with Crippen LogP contribution < -0.4 is 10.1 Å². The van der Waals surface area contributed by atoms with Gasteiger partial charge in [0.15, 0.2) is 0 Å². The van der Waals surface area contributed by atoms with E-state index < -0.39 is 0 Å². The molecule has 0 amide bonds. The summed E-state index contributed by atoms with van der Waals surface area (Å²) in [6.45, 7) is 3.07. The average Bonchev–Trinajstić information content (AvgIpc) is 2.52. The van der Waals surface area contributed by atoms with Crippen molar-refractivity contribution < 1.29 is 4.74 Å². The fourth-order valence-electron chi connectivity index (χ4n) is 3.01. The molecule has 3 rings (SSSR count). The molecule has 0 aliphatic heterocycles.